The van der Waals surface area contributed by atoms with E-state index in [9.17, 15) is 10.1 Å². The van der Waals surface area contributed by atoms with Gasteiger partial charge in [-0.3, -0.25) is 4.79 Å². The van der Waals surface area contributed by atoms with Gasteiger partial charge in [-0.05, 0) is 28.8 Å². The number of nitriles is 1. The third kappa shape index (κ3) is 8.53. The van der Waals surface area contributed by atoms with Crippen LogP contribution in [0.1, 0.15) is 70.6 Å². The first kappa shape index (κ1) is 21.4. The smallest absolute Gasteiger partial charge is 0.263 e. The molecule has 6 nitrogen and oxygen atoms in total. The van der Waals surface area contributed by atoms with Crippen molar-refractivity contribution in [1.29, 1.82) is 5.26 Å². The summed E-state index contributed by atoms with van der Waals surface area (Å²) in [6, 6.07) is 2.10. The lowest BCUT2D eigenvalue weighted by molar-refractivity contribution is -0.117. The summed E-state index contributed by atoms with van der Waals surface area (Å²) in [5, 5.41) is 15.2. The Kier molecular flexibility index (Phi) is 9.85. The lowest BCUT2D eigenvalue weighted by Crippen LogP contribution is -2.35. The van der Waals surface area contributed by atoms with E-state index in [4.69, 9.17) is 0 Å². The van der Waals surface area contributed by atoms with Gasteiger partial charge in [-0.15, -0.1) is 0 Å². The van der Waals surface area contributed by atoms with Crippen LogP contribution in [0.4, 0.5) is 5.95 Å². The average molecular weight is 434 g/mol. The highest BCUT2D eigenvalue weighted by molar-refractivity contribution is 9.10. The molecule has 1 heterocycles. The van der Waals surface area contributed by atoms with Crippen LogP contribution in [0.15, 0.2) is 28.6 Å². The SMILES string of the molecule is N#C/C(=C/Nc1ncc(Br)cn1)C(=O)NC1CCCCCCCCCCC1. The molecule has 0 spiro atoms. The summed E-state index contributed by atoms with van der Waals surface area (Å²) >= 11 is 3.26. The first-order valence-electron chi connectivity index (χ1n) is 9.84. The molecular weight excluding hydrogens is 406 g/mol. The van der Waals surface area contributed by atoms with Crippen molar-refractivity contribution in [3.8, 4) is 6.07 Å². The van der Waals surface area contributed by atoms with Crippen LogP contribution in [-0.4, -0.2) is 21.9 Å². The van der Waals surface area contributed by atoms with Gasteiger partial charge in [0.1, 0.15) is 11.6 Å². The maximum atomic E-state index is 12.5. The summed E-state index contributed by atoms with van der Waals surface area (Å²) in [6.45, 7) is 0. The van der Waals surface area contributed by atoms with Gasteiger partial charge in [0.05, 0.1) is 4.47 Å². The summed E-state index contributed by atoms with van der Waals surface area (Å²) in [5.41, 5.74) is 0.0348. The van der Waals surface area contributed by atoms with Gasteiger partial charge in [-0.1, -0.05) is 57.8 Å². The predicted octanol–water partition coefficient (Wildman–Crippen LogP) is 4.85. The number of hydrogen-bond donors (Lipinski definition) is 2. The van der Waals surface area contributed by atoms with Gasteiger partial charge in [0.15, 0.2) is 0 Å². The highest BCUT2D eigenvalue weighted by Crippen LogP contribution is 2.17. The van der Waals surface area contributed by atoms with Gasteiger partial charge in [0.25, 0.3) is 5.91 Å². The molecule has 7 heteroatoms. The predicted molar refractivity (Wildman–Crippen MR) is 110 cm³/mol. The van der Waals surface area contributed by atoms with Gasteiger partial charge in [-0.25, -0.2) is 9.97 Å². The van der Waals surface area contributed by atoms with Crippen LogP contribution in [0, 0.1) is 11.3 Å². The fourth-order valence-corrected chi connectivity index (χ4v) is 3.45. The second-order valence-electron chi connectivity index (χ2n) is 6.97. The number of carbonyl (C=O) groups excluding carboxylic acids is 1. The minimum atomic E-state index is -0.334. The fraction of sp³-hybridized carbons (Fsp3) is 0.600. The van der Waals surface area contributed by atoms with Gasteiger partial charge in [-0.2, -0.15) is 5.26 Å². The van der Waals surface area contributed by atoms with Crippen molar-refractivity contribution in [3.05, 3.63) is 28.6 Å². The Bertz CT molecular complexity index is 641. The van der Waals surface area contributed by atoms with E-state index in [0.29, 0.717) is 5.95 Å². The number of anilines is 1. The normalized spacial score (nSPS) is 17.9. The van der Waals surface area contributed by atoms with Crippen LogP contribution in [0.25, 0.3) is 0 Å². The molecule has 0 saturated heterocycles. The molecule has 0 radical (unpaired) electrons. The summed E-state index contributed by atoms with van der Waals surface area (Å²) in [7, 11) is 0. The van der Waals surface area contributed by atoms with E-state index in [1.54, 1.807) is 12.4 Å². The number of rotatable bonds is 4. The van der Waals surface area contributed by atoms with Gasteiger partial charge < -0.3 is 10.6 Å². The molecule has 1 amide bonds. The van der Waals surface area contributed by atoms with E-state index in [2.05, 4.69) is 36.5 Å². The molecule has 0 aromatic carbocycles. The zero-order valence-electron chi connectivity index (χ0n) is 15.7. The van der Waals surface area contributed by atoms with Crippen molar-refractivity contribution in [2.75, 3.05) is 5.32 Å². The van der Waals surface area contributed by atoms with Crippen LogP contribution >= 0.6 is 15.9 Å². The summed E-state index contributed by atoms with van der Waals surface area (Å²) in [5.74, 6) is 0.00367. The first-order valence-corrected chi connectivity index (χ1v) is 10.6. The standard InChI is InChI=1S/C20H28BrN5O/c21-17-14-24-20(25-15-17)23-13-16(12-22)19(27)26-18-10-8-6-4-2-1-3-5-7-9-11-18/h13-15,18H,1-11H2,(H,26,27)(H,23,24,25)/b16-13-. The molecule has 1 fully saturated rings. The molecule has 1 aliphatic carbocycles. The number of nitrogens with zero attached hydrogens (tertiary/aromatic N) is 3. The highest BCUT2D eigenvalue weighted by atomic mass is 79.9. The Morgan fingerprint density at radius 1 is 1.04 bits per heavy atom. The van der Waals surface area contributed by atoms with Crippen molar-refractivity contribution in [2.45, 2.75) is 76.7 Å². The fourth-order valence-electron chi connectivity index (χ4n) is 3.24. The van der Waals surface area contributed by atoms with Crippen molar-refractivity contribution < 1.29 is 4.79 Å². The van der Waals surface area contributed by atoms with E-state index in [0.717, 1.165) is 30.2 Å². The molecule has 2 rings (SSSR count). The molecule has 27 heavy (non-hydrogen) atoms. The third-order valence-corrected chi connectivity index (χ3v) is 5.18. The second kappa shape index (κ2) is 12.4. The number of amides is 1. The van der Waals surface area contributed by atoms with Crippen LogP contribution < -0.4 is 10.6 Å². The molecule has 1 aromatic heterocycles. The minimum absolute atomic E-state index is 0.0348. The minimum Gasteiger partial charge on any atom is -0.349 e. The zero-order chi connectivity index (χ0) is 19.3. The van der Waals surface area contributed by atoms with Crippen molar-refractivity contribution in [2.24, 2.45) is 0 Å². The molecule has 1 aliphatic rings. The van der Waals surface area contributed by atoms with E-state index in [1.807, 2.05) is 6.07 Å². The van der Waals surface area contributed by atoms with Crippen LogP contribution in [-0.2, 0) is 4.79 Å². The summed E-state index contributed by atoms with van der Waals surface area (Å²) in [6.07, 6.45) is 17.8. The molecular formula is C20H28BrN5O. The Morgan fingerprint density at radius 3 is 2.07 bits per heavy atom. The van der Waals surface area contributed by atoms with Crippen molar-refractivity contribution in [3.63, 3.8) is 0 Å². The van der Waals surface area contributed by atoms with Crippen molar-refractivity contribution in [1.82, 2.24) is 15.3 Å². The van der Waals surface area contributed by atoms with Crippen LogP contribution in [0.3, 0.4) is 0 Å². The lowest BCUT2D eigenvalue weighted by Gasteiger charge is -2.19. The van der Waals surface area contributed by atoms with E-state index in [1.165, 1.54) is 51.1 Å². The molecule has 1 saturated carbocycles. The molecule has 146 valence electrons. The van der Waals surface area contributed by atoms with Gasteiger partial charge in [0, 0.05) is 24.6 Å². The lowest BCUT2D eigenvalue weighted by atomic mass is 9.98. The van der Waals surface area contributed by atoms with E-state index >= 15 is 0 Å². The quantitative estimate of drug-likeness (QED) is 0.522. The molecule has 0 unspecified atom stereocenters. The summed E-state index contributed by atoms with van der Waals surface area (Å²) in [4.78, 5) is 20.6. The van der Waals surface area contributed by atoms with Crippen LogP contribution in [0.2, 0.25) is 0 Å². The Morgan fingerprint density at radius 2 is 1.56 bits per heavy atom. The van der Waals surface area contributed by atoms with E-state index in [-0.39, 0.29) is 17.5 Å². The number of hydrogen-bond acceptors (Lipinski definition) is 5. The maximum absolute atomic E-state index is 12.5. The largest absolute Gasteiger partial charge is 0.349 e. The number of carbonyl (C=O) groups is 1. The van der Waals surface area contributed by atoms with E-state index < -0.39 is 0 Å². The molecule has 1 aromatic rings. The number of nitrogens with one attached hydrogen (secondary N) is 2. The molecule has 0 bridgehead atoms. The average Bonchev–Trinajstić information content (AvgIpc) is 2.66. The first-order chi connectivity index (χ1) is 13.2. The number of aromatic nitrogens is 2. The Hall–Kier alpha value is -1.94. The topological polar surface area (TPSA) is 90.7 Å². The van der Waals surface area contributed by atoms with Gasteiger partial charge >= 0.3 is 0 Å². The molecule has 0 aliphatic heterocycles. The Balaban J connectivity index is 1.90. The number of halogens is 1. The van der Waals surface area contributed by atoms with Crippen molar-refractivity contribution >= 4 is 27.8 Å². The third-order valence-electron chi connectivity index (χ3n) is 4.77. The van der Waals surface area contributed by atoms with Crippen LogP contribution in [0.5, 0.6) is 0 Å². The maximum Gasteiger partial charge on any atom is 0.263 e. The summed E-state index contributed by atoms with van der Waals surface area (Å²) < 4.78 is 0.762. The highest BCUT2D eigenvalue weighted by Gasteiger charge is 2.16. The Labute approximate surface area is 170 Å². The monoisotopic (exact) mass is 433 g/mol. The zero-order valence-corrected chi connectivity index (χ0v) is 17.3. The second-order valence-corrected chi connectivity index (χ2v) is 7.88. The molecule has 0 atom stereocenters. The van der Waals surface area contributed by atoms with Gasteiger partial charge in [0.2, 0.25) is 5.95 Å². The molecule has 2 N–H and O–H groups in total.